The van der Waals surface area contributed by atoms with Crippen molar-refractivity contribution in [2.45, 2.75) is 0 Å². The van der Waals surface area contributed by atoms with E-state index in [1.807, 2.05) is 0 Å². The molecule has 0 bridgehead atoms. The zero-order valence-corrected chi connectivity index (χ0v) is 12.0. The van der Waals surface area contributed by atoms with Crippen molar-refractivity contribution in [2.24, 2.45) is 0 Å². The van der Waals surface area contributed by atoms with Crippen LogP contribution in [-0.4, -0.2) is 27.8 Å². The molecule has 0 saturated carbocycles. The number of hydrogen-bond acceptors (Lipinski definition) is 8. The quantitative estimate of drug-likeness (QED) is 0.166. The third kappa shape index (κ3) is 6730. The van der Waals surface area contributed by atoms with Crippen molar-refractivity contribution < 1.29 is 108 Å². The van der Waals surface area contributed by atoms with Crippen LogP contribution in [-0.2, 0) is 34.9 Å². The average molecular weight is 319 g/mol. The second kappa shape index (κ2) is 11.1. The van der Waals surface area contributed by atoms with E-state index >= 15 is 0 Å². The van der Waals surface area contributed by atoms with Crippen molar-refractivity contribution in [1.82, 2.24) is 0 Å². The van der Waals surface area contributed by atoms with Gasteiger partial charge in [-0.05, 0) is 0 Å². The summed E-state index contributed by atoms with van der Waals surface area (Å²) in [7, 11) is -4.67. The van der Waals surface area contributed by atoms with Gasteiger partial charge in [-0.1, -0.05) is 0 Å². The Kier molecular flexibility index (Phi) is 18.3. The predicted octanol–water partition coefficient (Wildman–Crippen LogP) is -5.54. The van der Waals surface area contributed by atoms with E-state index < -0.39 is 28.5 Å². The van der Waals surface area contributed by atoms with Crippen molar-refractivity contribution in [3.05, 3.63) is 10.1 Å². The molecule has 0 fully saturated rings. The summed E-state index contributed by atoms with van der Waals surface area (Å²) in [6.07, 6.45) is 0. The fourth-order valence-corrected chi connectivity index (χ4v) is 0. The molecule has 15 heteroatoms. The third-order valence-corrected chi connectivity index (χ3v) is 0. The van der Waals surface area contributed by atoms with E-state index in [2.05, 4.69) is 0 Å². The molecule has 0 amide bonds. The first kappa shape index (κ1) is 24.7. The van der Waals surface area contributed by atoms with Crippen LogP contribution in [0.25, 0.3) is 0 Å². The van der Waals surface area contributed by atoms with Crippen molar-refractivity contribution in [1.29, 1.82) is 0 Å². The van der Waals surface area contributed by atoms with Crippen molar-refractivity contribution in [2.75, 3.05) is 0 Å². The van der Waals surface area contributed by atoms with Crippen LogP contribution in [0, 0.1) is 10.1 Å². The second-order valence-electron chi connectivity index (χ2n) is 1.06. The topological polar surface area (TPSA) is 212 Å². The summed E-state index contributed by atoms with van der Waals surface area (Å²) in [6.45, 7) is 0. The van der Waals surface area contributed by atoms with Gasteiger partial charge in [0, 0.05) is 0 Å². The molecule has 15 heavy (non-hydrogen) atoms. The number of rotatable bonds is 0. The van der Waals surface area contributed by atoms with E-state index in [0.29, 0.717) is 0 Å². The average Bonchev–Trinajstić information content (AvgIpc) is 1.45. The van der Waals surface area contributed by atoms with Gasteiger partial charge in [0.25, 0.3) is 5.09 Å². The summed E-state index contributed by atoms with van der Waals surface area (Å²) in [5, 5.41) is 13.6. The Morgan fingerprint density at radius 3 is 1.13 bits per heavy atom. The van der Waals surface area contributed by atoms with Gasteiger partial charge in [-0.2, -0.15) is 8.42 Å². The zero-order valence-electron chi connectivity index (χ0n) is 6.84. The van der Waals surface area contributed by atoms with Gasteiger partial charge in [0.05, 0.1) is 0 Å². The Labute approximate surface area is 127 Å². The molecule has 0 radical (unpaired) electrons. The van der Waals surface area contributed by atoms with Crippen LogP contribution in [0.3, 0.4) is 0 Å². The Bertz CT molecular complexity index is 368. The molecule has 0 aromatic heterocycles. The molecule has 0 rings (SSSR count). The van der Waals surface area contributed by atoms with Crippen molar-refractivity contribution in [3.63, 3.8) is 0 Å². The number of hydrogen-bond donors (Lipinski definition) is 3. The first-order chi connectivity index (χ1) is 5.73. The summed E-state index contributed by atoms with van der Waals surface area (Å²) < 4.78 is 65.9. The summed E-state index contributed by atoms with van der Waals surface area (Å²) in [6, 6.07) is 0. The van der Waals surface area contributed by atoms with Gasteiger partial charge in [0.1, 0.15) is 0 Å². The molecular formula is H3KMnNO11S. The molecule has 0 aliphatic heterocycles. The molecule has 0 aromatic rings. The van der Waals surface area contributed by atoms with Gasteiger partial charge in [0.15, 0.2) is 0 Å². The first-order valence-electron chi connectivity index (χ1n) is 1.88. The van der Waals surface area contributed by atoms with Gasteiger partial charge in [-0.3, -0.25) is 9.11 Å². The minimum absolute atomic E-state index is 0. The molecule has 0 saturated heterocycles. The van der Waals surface area contributed by atoms with Crippen LogP contribution >= 0.6 is 0 Å². The molecule has 0 atom stereocenters. The molecule has 0 spiro atoms. The van der Waals surface area contributed by atoms with E-state index in [1.165, 1.54) is 0 Å². The molecule has 0 heterocycles. The van der Waals surface area contributed by atoms with E-state index in [4.69, 9.17) is 48.5 Å². The van der Waals surface area contributed by atoms with Crippen LogP contribution in [0.15, 0.2) is 0 Å². The van der Waals surface area contributed by atoms with E-state index in [0.717, 1.165) is 0 Å². The molecule has 0 aromatic carbocycles. The molecule has 3 N–H and O–H groups in total. The maximum atomic E-state index is 8.74. The van der Waals surface area contributed by atoms with Gasteiger partial charge >= 0.3 is 90.4 Å². The fraction of sp³-hybridized carbons (Fsp3) is 0. The van der Waals surface area contributed by atoms with Crippen LogP contribution in [0.4, 0.5) is 0 Å². The second-order valence-corrected chi connectivity index (χ2v) is 3.14. The van der Waals surface area contributed by atoms with Gasteiger partial charge < -0.3 is 5.21 Å². The van der Waals surface area contributed by atoms with Crippen LogP contribution in [0.2, 0.25) is 0 Å². The van der Waals surface area contributed by atoms with E-state index in [-0.39, 0.29) is 51.4 Å². The summed E-state index contributed by atoms with van der Waals surface area (Å²) in [5.41, 5.74) is 0. The summed E-state index contributed by atoms with van der Waals surface area (Å²) in [5.74, 6) is 0. The third-order valence-electron chi connectivity index (χ3n) is 0. The van der Waals surface area contributed by atoms with Gasteiger partial charge in [0.2, 0.25) is 0 Å². The minimum atomic E-state index is -5.62. The summed E-state index contributed by atoms with van der Waals surface area (Å²) >= 11 is -5.62. The van der Waals surface area contributed by atoms with Gasteiger partial charge in [-0.15, -0.1) is 10.1 Å². The SMILES string of the molecule is O=S(=O)(O)O.O=[N+]([O-])O.[K+].[O]=[Mn](=[O])(=[O])[O-]. The summed E-state index contributed by atoms with van der Waals surface area (Å²) in [4.78, 5) is 8.36. The van der Waals surface area contributed by atoms with Crippen LogP contribution < -0.4 is 55.6 Å². The normalized spacial score (nSPS) is 9.27. The monoisotopic (exact) mass is 319 g/mol. The molecule has 88 valence electrons. The van der Waals surface area contributed by atoms with Crippen LogP contribution in [0.5, 0.6) is 0 Å². The van der Waals surface area contributed by atoms with Crippen molar-refractivity contribution in [3.8, 4) is 0 Å². The van der Waals surface area contributed by atoms with E-state index in [1.54, 1.807) is 0 Å². The van der Waals surface area contributed by atoms with E-state index in [9.17, 15) is 0 Å². The van der Waals surface area contributed by atoms with Crippen LogP contribution in [0.1, 0.15) is 0 Å². The Morgan fingerprint density at radius 1 is 1.13 bits per heavy atom. The fourth-order valence-electron chi connectivity index (χ4n) is 0. The van der Waals surface area contributed by atoms with Gasteiger partial charge in [-0.25, -0.2) is 0 Å². The molecule has 0 aliphatic rings. The molecular weight excluding hydrogens is 316 g/mol. The zero-order chi connectivity index (χ0) is 12.6. The molecule has 0 unspecified atom stereocenters. The number of nitrogens with zero attached hydrogens (tertiary/aromatic N) is 1. The Morgan fingerprint density at radius 2 is 1.13 bits per heavy atom. The first-order valence-corrected chi connectivity index (χ1v) is 5.21. The molecule has 0 aliphatic carbocycles. The standard InChI is InChI=1S/K.Mn.HNO3.H2O4S.4O/c;;2-1(3)4;1-5(2,3)4;;;;/h;;(H,2,3,4);(H2,1,2,3,4);;;;/q+1;;;;;;;-1. The molecule has 12 nitrogen and oxygen atoms in total. The Hall–Kier alpha value is 0.586. The maximum absolute atomic E-state index is 8.74. The Balaban J connectivity index is -0.0000000590. The predicted molar refractivity (Wildman–Crippen MR) is 25.0 cm³/mol. The van der Waals surface area contributed by atoms with Crippen molar-refractivity contribution >= 4 is 10.4 Å².